The van der Waals surface area contributed by atoms with Crippen molar-refractivity contribution < 1.29 is 0 Å². The van der Waals surface area contributed by atoms with E-state index in [2.05, 4.69) is 30.1 Å². The Labute approximate surface area is 61.2 Å². The fourth-order valence-corrected chi connectivity index (χ4v) is 1.62. The van der Waals surface area contributed by atoms with E-state index in [9.17, 15) is 0 Å². The molecular weight excluding hydrogens is 122 g/mol. The normalized spacial score (nSPS) is 35.9. The first-order chi connectivity index (χ1) is 4.88. The first-order valence-electron chi connectivity index (χ1n) is 3.74. The van der Waals surface area contributed by atoms with Crippen molar-refractivity contribution in [1.82, 2.24) is 0 Å². The van der Waals surface area contributed by atoms with E-state index in [1.54, 1.807) is 0 Å². The van der Waals surface area contributed by atoms with Crippen LogP contribution in [0.1, 0.15) is 13.3 Å². The number of nitrogens with zero attached hydrogens (tertiary/aromatic N) is 1. The zero-order valence-corrected chi connectivity index (χ0v) is 6.12. The molecule has 0 fully saturated rings. The minimum absolute atomic E-state index is 0.477. The molecule has 1 aliphatic carbocycles. The summed E-state index contributed by atoms with van der Waals surface area (Å²) in [7, 11) is 0. The molecule has 10 heavy (non-hydrogen) atoms. The van der Waals surface area contributed by atoms with Crippen LogP contribution < -0.4 is 0 Å². The second-order valence-electron chi connectivity index (χ2n) is 2.97. The highest BCUT2D eigenvalue weighted by Gasteiger charge is 2.24. The molecule has 1 aliphatic heterocycles. The van der Waals surface area contributed by atoms with Gasteiger partial charge in [0.2, 0.25) is 0 Å². The molecule has 1 heterocycles. The zero-order valence-electron chi connectivity index (χ0n) is 6.12. The van der Waals surface area contributed by atoms with Crippen LogP contribution >= 0.6 is 0 Å². The molecule has 52 valence electrons. The van der Waals surface area contributed by atoms with E-state index in [4.69, 9.17) is 0 Å². The van der Waals surface area contributed by atoms with E-state index in [0.717, 1.165) is 6.42 Å². The number of hydrogen-bond donors (Lipinski definition) is 0. The van der Waals surface area contributed by atoms with Crippen LogP contribution in [0.25, 0.3) is 0 Å². The van der Waals surface area contributed by atoms with Gasteiger partial charge in [0.05, 0.1) is 6.04 Å². The average Bonchev–Trinajstić information content (AvgIpc) is 2.36. The fraction of sp³-hybridized carbons (Fsp3) is 0.444. The van der Waals surface area contributed by atoms with Crippen LogP contribution in [0.15, 0.2) is 28.8 Å². The Morgan fingerprint density at radius 1 is 1.60 bits per heavy atom. The van der Waals surface area contributed by atoms with Gasteiger partial charge in [-0.25, -0.2) is 0 Å². The molecule has 0 bridgehead atoms. The van der Waals surface area contributed by atoms with E-state index >= 15 is 0 Å². The van der Waals surface area contributed by atoms with Crippen molar-refractivity contribution in [2.75, 3.05) is 0 Å². The van der Waals surface area contributed by atoms with Gasteiger partial charge in [-0.15, -0.1) is 0 Å². The maximum absolute atomic E-state index is 4.39. The number of fused-ring (bicyclic) bond motifs is 1. The van der Waals surface area contributed by atoms with Crippen LogP contribution in [-0.2, 0) is 0 Å². The number of allylic oxidation sites excluding steroid dienone is 2. The summed E-state index contributed by atoms with van der Waals surface area (Å²) in [6, 6.07) is 0.477. The molecule has 1 heteroatoms. The molecule has 2 unspecified atom stereocenters. The maximum atomic E-state index is 4.39. The van der Waals surface area contributed by atoms with E-state index in [1.807, 2.05) is 6.21 Å². The largest absolute Gasteiger partial charge is 0.289 e. The van der Waals surface area contributed by atoms with Crippen LogP contribution in [0.3, 0.4) is 0 Å². The Morgan fingerprint density at radius 2 is 2.50 bits per heavy atom. The van der Waals surface area contributed by atoms with Gasteiger partial charge in [0.1, 0.15) is 0 Å². The van der Waals surface area contributed by atoms with Crippen molar-refractivity contribution in [2.24, 2.45) is 10.9 Å². The molecule has 1 nitrogen and oxygen atoms in total. The van der Waals surface area contributed by atoms with E-state index in [1.165, 1.54) is 5.57 Å². The van der Waals surface area contributed by atoms with Crippen LogP contribution in [0.5, 0.6) is 0 Å². The molecule has 2 atom stereocenters. The Hall–Kier alpha value is -0.850. The highest BCUT2D eigenvalue weighted by Crippen LogP contribution is 2.27. The molecule has 2 aliphatic rings. The molecule has 0 aromatic heterocycles. The van der Waals surface area contributed by atoms with Crippen molar-refractivity contribution in [2.45, 2.75) is 19.4 Å². The fourth-order valence-electron chi connectivity index (χ4n) is 1.62. The highest BCUT2D eigenvalue weighted by atomic mass is 14.8. The molecule has 0 saturated carbocycles. The van der Waals surface area contributed by atoms with Crippen molar-refractivity contribution in [3.8, 4) is 0 Å². The molecule has 0 spiro atoms. The molecule has 0 amide bonds. The minimum atomic E-state index is 0.477. The zero-order chi connectivity index (χ0) is 6.97. The van der Waals surface area contributed by atoms with E-state index < -0.39 is 0 Å². The van der Waals surface area contributed by atoms with Crippen LogP contribution in [0.2, 0.25) is 0 Å². The van der Waals surface area contributed by atoms with Gasteiger partial charge in [-0.05, 0) is 18.9 Å². The molecule has 0 N–H and O–H groups in total. The third-order valence-corrected chi connectivity index (χ3v) is 2.23. The van der Waals surface area contributed by atoms with E-state index in [0.29, 0.717) is 12.0 Å². The summed E-state index contributed by atoms with van der Waals surface area (Å²) >= 11 is 0. The number of rotatable bonds is 0. The first kappa shape index (κ1) is 5.90. The third-order valence-electron chi connectivity index (χ3n) is 2.23. The third kappa shape index (κ3) is 0.737. The van der Waals surface area contributed by atoms with Gasteiger partial charge >= 0.3 is 0 Å². The summed E-state index contributed by atoms with van der Waals surface area (Å²) < 4.78 is 0. The smallest absolute Gasteiger partial charge is 0.0771 e. The molecule has 0 aromatic rings. The van der Waals surface area contributed by atoms with Gasteiger partial charge in [0.15, 0.2) is 0 Å². The molecule has 0 aromatic carbocycles. The lowest BCUT2D eigenvalue weighted by atomic mass is 9.90. The highest BCUT2D eigenvalue weighted by molar-refractivity contribution is 5.63. The number of aliphatic imine (C=N–C) groups is 1. The second kappa shape index (κ2) is 2.08. The van der Waals surface area contributed by atoms with Gasteiger partial charge < -0.3 is 0 Å². The minimum Gasteiger partial charge on any atom is -0.289 e. The quantitative estimate of drug-likeness (QED) is 0.479. The Kier molecular flexibility index (Phi) is 1.23. The van der Waals surface area contributed by atoms with Crippen LogP contribution in [0.4, 0.5) is 0 Å². The lowest BCUT2D eigenvalue weighted by Gasteiger charge is -2.17. The predicted octanol–water partition coefficient (Wildman–Crippen LogP) is 1.96. The van der Waals surface area contributed by atoms with Crippen LogP contribution in [0, 0.1) is 5.92 Å². The summed E-state index contributed by atoms with van der Waals surface area (Å²) in [5, 5.41) is 0. The van der Waals surface area contributed by atoms with Gasteiger partial charge in [-0.3, -0.25) is 4.99 Å². The van der Waals surface area contributed by atoms with Gasteiger partial charge in [0, 0.05) is 12.1 Å². The van der Waals surface area contributed by atoms with Crippen molar-refractivity contribution in [3.63, 3.8) is 0 Å². The van der Waals surface area contributed by atoms with Crippen LogP contribution in [-0.4, -0.2) is 12.3 Å². The van der Waals surface area contributed by atoms with Gasteiger partial charge in [0.25, 0.3) is 0 Å². The summed E-state index contributed by atoms with van der Waals surface area (Å²) in [5.41, 5.74) is 1.40. The average molecular weight is 133 g/mol. The molecule has 0 saturated heterocycles. The molecular formula is C9H11N. The lowest BCUT2D eigenvalue weighted by molar-refractivity contribution is 0.610. The number of hydrogen-bond acceptors (Lipinski definition) is 1. The second-order valence-corrected chi connectivity index (χ2v) is 2.97. The van der Waals surface area contributed by atoms with Crippen molar-refractivity contribution >= 4 is 6.21 Å². The summed E-state index contributed by atoms with van der Waals surface area (Å²) in [6.07, 6.45) is 9.73. The van der Waals surface area contributed by atoms with Crippen molar-refractivity contribution in [3.05, 3.63) is 23.8 Å². The predicted molar refractivity (Wildman–Crippen MR) is 43.3 cm³/mol. The Bertz CT molecular complexity index is 223. The standard InChI is InChI=1S/C9H11N/c1-7-3-2-4-8-5-6-10-9(7)8/h2-4,6,8-9H,5H2,1H3. The van der Waals surface area contributed by atoms with Gasteiger partial charge in [-0.2, -0.15) is 0 Å². The molecule has 0 radical (unpaired) electrons. The maximum Gasteiger partial charge on any atom is 0.0771 e. The Morgan fingerprint density at radius 3 is 3.30 bits per heavy atom. The SMILES string of the molecule is CC1=CC=CC2CC=NC12. The van der Waals surface area contributed by atoms with E-state index in [-0.39, 0.29) is 0 Å². The lowest BCUT2D eigenvalue weighted by Crippen LogP contribution is -2.15. The summed E-state index contributed by atoms with van der Waals surface area (Å²) in [4.78, 5) is 4.39. The van der Waals surface area contributed by atoms with Crippen molar-refractivity contribution in [1.29, 1.82) is 0 Å². The summed E-state index contributed by atoms with van der Waals surface area (Å²) in [5.74, 6) is 0.671. The first-order valence-corrected chi connectivity index (χ1v) is 3.74. The monoisotopic (exact) mass is 133 g/mol. The van der Waals surface area contributed by atoms with Gasteiger partial charge in [-0.1, -0.05) is 18.2 Å². The topological polar surface area (TPSA) is 12.4 Å². The summed E-state index contributed by atoms with van der Waals surface area (Å²) in [6.45, 7) is 2.16. The molecule has 2 rings (SSSR count). The Balaban J connectivity index is 2.30.